The highest BCUT2D eigenvalue weighted by Crippen LogP contribution is 2.28. The molecule has 80 valence electrons. The number of amides is 1. The first-order valence-electron chi connectivity index (χ1n) is 5.03. The molecule has 1 aromatic carbocycles. The minimum atomic E-state index is -0.482. The summed E-state index contributed by atoms with van der Waals surface area (Å²) in [7, 11) is 0. The third-order valence-electron chi connectivity index (χ3n) is 2.62. The normalized spacial score (nSPS) is 15.7. The van der Waals surface area contributed by atoms with E-state index in [0.717, 1.165) is 12.8 Å². The SMILES string of the molecule is NC(=O)c1ccc(N)cc1OC1CCC1. The van der Waals surface area contributed by atoms with Crippen LogP contribution in [0.1, 0.15) is 29.6 Å². The number of hydrogen-bond acceptors (Lipinski definition) is 3. The third-order valence-corrected chi connectivity index (χ3v) is 2.62. The predicted octanol–water partition coefficient (Wildman–Crippen LogP) is 1.30. The minimum absolute atomic E-state index is 0.213. The molecule has 15 heavy (non-hydrogen) atoms. The van der Waals surface area contributed by atoms with Gasteiger partial charge < -0.3 is 16.2 Å². The largest absolute Gasteiger partial charge is 0.490 e. The maximum atomic E-state index is 11.1. The average Bonchev–Trinajstić information content (AvgIpc) is 2.11. The molecular formula is C11H14N2O2. The van der Waals surface area contributed by atoms with Gasteiger partial charge in [-0.3, -0.25) is 4.79 Å². The maximum absolute atomic E-state index is 11.1. The van der Waals surface area contributed by atoms with E-state index in [4.69, 9.17) is 16.2 Å². The van der Waals surface area contributed by atoms with Gasteiger partial charge in [0.15, 0.2) is 0 Å². The lowest BCUT2D eigenvalue weighted by Crippen LogP contribution is -2.26. The minimum Gasteiger partial charge on any atom is -0.490 e. The van der Waals surface area contributed by atoms with E-state index in [9.17, 15) is 4.79 Å². The number of benzene rings is 1. The van der Waals surface area contributed by atoms with Gasteiger partial charge in [0.2, 0.25) is 0 Å². The van der Waals surface area contributed by atoms with E-state index >= 15 is 0 Å². The second-order valence-electron chi connectivity index (χ2n) is 3.79. The molecule has 0 aromatic heterocycles. The van der Waals surface area contributed by atoms with E-state index in [1.165, 1.54) is 6.42 Å². The summed E-state index contributed by atoms with van der Waals surface area (Å²) >= 11 is 0. The Balaban J connectivity index is 2.24. The standard InChI is InChI=1S/C11H14N2O2/c12-7-4-5-9(11(13)14)10(6-7)15-8-2-1-3-8/h4-6,8H,1-3,12H2,(H2,13,14). The predicted molar refractivity (Wildman–Crippen MR) is 57.6 cm³/mol. The molecule has 0 heterocycles. The molecule has 4 heteroatoms. The Morgan fingerprint density at radius 1 is 1.40 bits per heavy atom. The third kappa shape index (κ3) is 2.03. The Kier molecular flexibility index (Phi) is 2.49. The molecule has 1 aromatic rings. The first-order valence-corrected chi connectivity index (χ1v) is 5.03. The van der Waals surface area contributed by atoms with Gasteiger partial charge in [0.25, 0.3) is 5.91 Å². The summed E-state index contributed by atoms with van der Waals surface area (Å²) in [6, 6.07) is 4.90. The number of carbonyl (C=O) groups excluding carboxylic acids is 1. The number of hydrogen-bond donors (Lipinski definition) is 2. The number of primary amides is 1. The maximum Gasteiger partial charge on any atom is 0.252 e. The van der Waals surface area contributed by atoms with Crippen LogP contribution in [-0.2, 0) is 0 Å². The Morgan fingerprint density at radius 3 is 2.67 bits per heavy atom. The molecule has 1 fully saturated rings. The van der Waals surface area contributed by atoms with Crippen molar-refractivity contribution in [2.24, 2.45) is 5.73 Å². The lowest BCUT2D eigenvalue weighted by molar-refractivity contribution is 0.0972. The zero-order valence-corrected chi connectivity index (χ0v) is 8.40. The van der Waals surface area contributed by atoms with Crippen LogP contribution in [0.15, 0.2) is 18.2 Å². The zero-order chi connectivity index (χ0) is 10.8. The molecule has 0 radical (unpaired) electrons. The average molecular weight is 206 g/mol. The van der Waals surface area contributed by atoms with E-state index < -0.39 is 5.91 Å². The molecule has 0 aliphatic heterocycles. The van der Waals surface area contributed by atoms with Crippen LogP contribution in [0.4, 0.5) is 5.69 Å². The summed E-state index contributed by atoms with van der Waals surface area (Å²) in [5, 5.41) is 0. The van der Waals surface area contributed by atoms with Crippen molar-refractivity contribution in [1.29, 1.82) is 0 Å². The van der Waals surface area contributed by atoms with Gasteiger partial charge in [-0.1, -0.05) is 0 Å². The molecule has 2 rings (SSSR count). The van der Waals surface area contributed by atoms with Crippen molar-refractivity contribution in [1.82, 2.24) is 0 Å². The molecule has 0 unspecified atom stereocenters. The Labute approximate surface area is 88.2 Å². The lowest BCUT2D eigenvalue weighted by atomic mass is 9.96. The molecule has 0 saturated heterocycles. The molecule has 4 N–H and O–H groups in total. The Morgan fingerprint density at radius 2 is 2.13 bits per heavy atom. The Hall–Kier alpha value is -1.71. The van der Waals surface area contributed by atoms with E-state index in [1.54, 1.807) is 18.2 Å². The van der Waals surface area contributed by atoms with Crippen LogP contribution in [0.25, 0.3) is 0 Å². The van der Waals surface area contributed by atoms with Gasteiger partial charge in [0.05, 0.1) is 11.7 Å². The van der Waals surface area contributed by atoms with Crippen LogP contribution in [0.5, 0.6) is 5.75 Å². The molecule has 1 saturated carbocycles. The smallest absolute Gasteiger partial charge is 0.252 e. The van der Waals surface area contributed by atoms with Crippen molar-refractivity contribution >= 4 is 11.6 Å². The highest BCUT2D eigenvalue weighted by atomic mass is 16.5. The number of rotatable bonds is 3. The fourth-order valence-corrected chi connectivity index (χ4v) is 1.51. The summed E-state index contributed by atoms with van der Waals surface area (Å²) in [5.74, 6) is 0.0246. The number of anilines is 1. The number of carbonyl (C=O) groups is 1. The molecule has 0 atom stereocenters. The highest BCUT2D eigenvalue weighted by molar-refractivity contribution is 5.96. The molecule has 1 amide bonds. The molecule has 1 aliphatic carbocycles. The van der Waals surface area contributed by atoms with Crippen LogP contribution in [0, 0.1) is 0 Å². The van der Waals surface area contributed by atoms with Gasteiger partial charge in [-0.2, -0.15) is 0 Å². The zero-order valence-electron chi connectivity index (χ0n) is 8.40. The number of nitrogens with two attached hydrogens (primary N) is 2. The van der Waals surface area contributed by atoms with E-state index in [0.29, 0.717) is 17.0 Å². The molecule has 1 aliphatic rings. The van der Waals surface area contributed by atoms with Gasteiger partial charge in [0.1, 0.15) is 5.75 Å². The second-order valence-corrected chi connectivity index (χ2v) is 3.79. The molecule has 0 bridgehead atoms. The van der Waals surface area contributed by atoms with Gasteiger partial charge >= 0.3 is 0 Å². The van der Waals surface area contributed by atoms with Crippen LogP contribution in [-0.4, -0.2) is 12.0 Å². The molecular weight excluding hydrogens is 192 g/mol. The van der Waals surface area contributed by atoms with Gasteiger partial charge in [0, 0.05) is 11.8 Å². The van der Waals surface area contributed by atoms with Crippen LogP contribution in [0.3, 0.4) is 0 Å². The van der Waals surface area contributed by atoms with Crippen LogP contribution in [0.2, 0.25) is 0 Å². The van der Waals surface area contributed by atoms with Crippen molar-refractivity contribution in [3.63, 3.8) is 0 Å². The summed E-state index contributed by atoms with van der Waals surface area (Å²) in [6.07, 6.45) is 3.46. The van der Waals surface area contributed by atoms with Gasteiger partial charge in [-0.05, 0) is 31.4 Å². The fraction of sp³-hybridized carbons (Fsp3) is 0.364. The van der Waals surface area contributed by atoms with Crippen molar-refractivity contribution in [3.8, 4) is 5.75 Å². The van der Waals surface area contributed by atoms with Crippen molar-refractivity contribution < 1.29 is 9.53 Å². The van der Waals surface area contributed by atoms with Crippen LogP contribution < -0.4 is 16.2 Å². The quantitative estimate of drug-likeness (QED) is 0.731. The summed E-state index contributed by atoms with van der Waals surface area (Å²) < 4.78 is 5.64. The summed E-state index contributed by atoms with van der Waals surface area (Å²) in [5.41, 5.74) is 11.8. The van der Waals surface area contributed by atoms with Gasteiger partial charge in [-0.15, -0.1) is 0 Å². The first-order chi connectivity index (χ1) is 7.16. The van der Waals surface area contributed by atoms with Crippen molar-refractivity contribution in [2.75, 3.05) is 5.73 Å². The van der Waals surface area contributed by atoms with E-state index in [-0.39, 0.29) is 6.10 Å². The van der Waals surface area contributed by atoms with Gasteiger partial charge in [-0.25, -0.2) is 0 Å². The number of nitrogen functional groups attached to an aromatic ring is 1. The molecule has 0 spiro atoms. The number of ether oxygens (including phenoxy) is 1. The van der Waals surface area contributed by atoms with Crippen molar-refractivity contribution in [3.05, 3.63) is 23.8 Å². The van der Waals surface area contributed by atoms with Crippen LogP contribution >= 0.6 is 0 Å². The Bertz CT molecular complexity index is 386. The summed E-state index contributed by atoms with van der Waals surface area (Å²) in [4.78, 5) is 11.1. The van der Waals surface area contributed by atoms with E-state index in [2.05, 4.69) is 0 Å². The molecule has 4 nitrogen and oxygen atoms in total. The fourth-order valence-electron chi connectivity index (χ4n) is 1.51. The second kappa shape index (κ2) is 3.81. The van der Waals surface area contributed by atoms with E-state index in [1.807, 2.05) is 0 Å². The monoisotopic (exact) mass is 206 g/mol. The highest BCUT2D eigenvalue weighted by Gasteiger charge is 2.21. The summed E-state index contributed by atoms with van der Waals surface area (Å²) in [6.45, 7) is 0. The first kappa shape index (κ1) is 9.83. The lowest BCUT2D eigenvalue weighted by Gasteiger charge is -2.27. The van der Waals surface area contributed by atoms with Crippen molar-refractivity contribution in [2.45, 2.75) is 25.4 Å². The topological polar surface area (TPSA) is 78.3 Å².